The second-order valence-electron chi connectivity index (χ2n) is 12.2. The van der Waals surface area contributed by atoms with E-state index in [0.29, 0.717) is 32.2 Å². The maximum absolute atomic E-state index is 13.8. The second kappa shape index (κ2) is 15.1. The van der Waals surface area contributed by atoms with E-state index in [0.717, 1.165) is 16.7 Å². The molecule has 1 unspecified atom stereocenters. The number of aliphatic hydroxyl groups is 1. The van der Waals surface area contributed by atoms with Crippen molar-refractivity contribution in [2.45, 2.75) is 89.1 Å². The van der Waals surface area contributed by atoms with Gasteiger partial charge in [-0.25, -0.2) is 0 Å². The second-order valence-corrected chi connectivity index (χ2v) is 12.2. The van der Waals surface area contributed by atoms with Crippen LogP contribution < -0.4 is 21.7 Å². The summed E-state index contributed by atoms with van der Waals surface area (Å²) < 4.78 is 0. The minimum absolute atomic E-state index is 0.135. The lowest BCUT2D eigenvalue weighted by atomic mass is 9.84. The topological polar surface area (TPSA) is 157 Å². The van der Waals surface area contributed by atoms with Gasteiger partial charge in [-0.05, 0) is 60.9 Å². The Morgan fingerprint density at radius 1 is 0.976 bits per heavy atom. The molecule has 10 nitrogen and oxygen atoms in total. The molecule has 0 bridgehead atoms. The van der Waals surface area contributed by atoms with Crippen LogP contribution >= 0.6 is 0 Å². The fraction of sp³-hybridized carbons (Fsp3) is 0.531. The van der Waals surface area contributed by atoms with E-state index in [1.54, 1.807) is 24.1 Å². The standard InChI is InChI=1S/C32H47N5O5/c1-32(2,3)23-18-22(13-14-27(23)38)20-25-29(40)35-17-15-28(39)34-16-9-8-12-26(30(41)36-25)37(4)31(42)24(33)19-21-10-6-5-7-11-21/h5-7,10-11,13-14,18,24-26,31,38,42H,8-9,12,15-17,19-20,33H2,1-4H3,(H,34,39)(H,35,40)(H,36,41)/t24-,25-,26-,31?/m0/s1. The first-order valence-electron chi connectivity index (χ1n) is 14.7. The number of nitrogens with one attached hydrogen (secondary N) is 3. The number of carbonyl (C=O) groups excluding carboxylic acids is 3. The summed E-state index contributed by atoms with van der Waals surface area (Å²) in [4.78, 5) is 40.9. The van der Waals surface area contributed by atoms with E-state index >= 15 is 0 Å². The van der Waals surface area contributed by atoms with Gasteiger partial charge >= 0.3 is 0 Å². The number of phenols is 1. The van der Waals surface area contributed by atoms with Crippen molar-refractivity contribution in [2.24, 2.45) is 5.73 Å². The van der Waals surface area contributed by atoms with Crippen molar-refractivity contribution in [3.05, 3.63) is 65.2 Å². The van der Waals surface area contributed by atoms with Crippen molar-refractivity contribution in [3.63, 3.8) is 0 Å². The molecule has 1 aliphatic heterocycles. The van der Waals surface area contributed by atoms with E-state index in [1.807, 2.05) is 57.2 Å². The third kappa shape index (κ3) is 9.54. The van der Waals surface area contributed by atoms with Crippen molar-refractivity contribution in [3.8, 4) is 5.75 Å². The Labute approximate surface area is 249 Å². The summed E-state index contributed by atoms with van der Waals surface area (Å²) in [5.41, 5.74) is 8.54. The van der Waals surface area contributed by atoms with Crippen LogP contribution in [0.4, 0.5) is 0 Å². The van der Waals surface area contributed by atoms with E-state index in [4.69, 9.17) is 5.73 Å². The number of aliphatic hydroxyl groups excluding tert-OH is 1. The zero-order valence-electron chi connectivity index (χ0n) is 25.2. The van der Waals surface area contributed by atoms with E-state index in [1.165, 1.54) is 0 Å². The quantitative estimate of drug-likeness (QED) is 0.272. The van der Waals surface area contributed by atoms with E-state index < -0.39 is 30.3 Å². The predicted molar refractivity (Wildman–Crippen MR) is 163 cm³/mol. The fourth-order valence-electron chi connectivity index (χ4n) is 5.22. The molecule has 1 fully saturated rings. The molecule has 0 aliphatic carbocycles. The number of phenolic OH excluding ortho intramolecular Hbond substituents is 1. The zero-order valence-corrected chi connectivity index (χ0v) is 25.2. The molecule has 1 heterocycles. The van der Waals surface area contributed by atoms with Crippen LogP contribution in [0.3, 0.4) is 0 Å². The summed E-state index contributed by atoms with van der Waals surface area (Å²) in [6.07, 6.45) is 1.31. The molecular formula is C32H47N5O5. The van der Waals surface area contributed by atoms with Crippen LogP contribution in [0.15, 0.2) is 48.5 Å². The summed E-state index contributed by atoms with van der Waals surface area (Å²) in [7, 11) is 1.66. The van der Waals surface area contributed by atoms with Crippen molar-refractivity contribution in [2.75, 3.05) is 20.1 Å². The smallest absolute Gasteiger partial charge is 0.242 e. The van der Waals surface area contributed by atoms with Crippen LogP contribution in [0.1, 0.15) is 63.1 Å². The Bertz CT molecular complexity index is 1200. The first kappa shape index (κ1) is 33.0. The van der Waals surface area contributed by atoms with Crippen LogP contribution in [-0.2, 0) is 32.6 Å². The third-order valence-electron chi connectivity index (χ3n) is 7.73. The molecule has 230 valence electrons. The van der Waals surface area contributed by atoms with Crippen molar-refractivity contribution >= 4 is 17.7 Å². The number of aromatic hydroxyl groups is 1. The van der Waals surface area contributed by atoms with Gasteiger partial charge in [0.1, 0.15) is 18.0 Å². The van der Waals surface area contributed by atoms with Gasteiger partial charge < -0.3 is 31.9 Å². The highest BCUT2D eigenvalue weighted by molar-refractivity contribution is 5.90. The highest BCUT2D eigenvalue weighted by atomic mass is 16.3. The number of hydrogen-bond donors (Lipinski definition) is 6. The molecule has 3 amide bonds. The number of nitrogens with zero attached hydrogens (tertiary/aromatic N) is 1. The highest BCUT2D eigenvalue weighted by Gasteiger charge is 2.33. The molecule has 1 aliphatic rings. The number of carbonyl (C=O) groups is 3. The van der Waals surface area contributed by atoms with Gasteiger partial charge in [0.25, 0.3) is 0 Å². The molecule has 42 heavy (non-hydrogen) atoms. The summed E-state index contributed by atoms with van der Waals surface area (Å²) in [5.74, 6) is -0.794. The van der Waals surface area contributed by atoms with Crippen LogP contribution in [0.2, 0.25) is 0 Å². The zero-order chi connectivity index (χ0) is 30.9. The van der Waals surface area contributed by atoms with E-state index in [-0.39, 0.29) is 42.4 Å². The Kier molecular flexibility index (Phi) is 11.9. The van der Waals surface area contributed by atoms with Gasteiger partial charge in [-0.15, -0.1) is 0 Å². The lowest BCUT2D eigenvalue weighted by Crippen LogP contribution is -2.58. The van der Waals surface area contributed by atoms with E-state index in [2.05, 4.69) is 16.0 Å². The molecule has 4 atom stereocenters. The molecular weight excluding hydrogens is 534 g/mol. The molecule has 0 aromatic heterocycles. The van der Waals surface area contributed by atoms with Crippen LogP contribution in [0.5, 0.6) is 5.75 Å². The Morgan fingerprint density at radius 2 is 1.69 bits per heavy atom. The Morgan fingerprint density at radius 3 is 2.38 bits per heavy atom. The lowest BCUT2D eigenvalue weighted by Gasteiger charge is -2.35. The monoisotopic (exact) mass is 581 g/mol. The summed E-state index contributed by atoms with van der Waals surface area (Å²) in [6, 6.07) is 12.4. The summed E-state index contributed by atoms with van der Waals surface area (Å²) in [6.45, 7) is 6.56. The van der Waals surface area contributed by atoms with Crippen molar-refractivity contribution < 1.29 is 24.6 Å². The van der Waals surface area contributed by atoms with Crippen LogP contribution in [-0.4, -0.2) is 77.3 Å². The normalized spacial score (nSPS) is 21.1. The van der Waals surface area contributed by atoms with Gasteiger partial charge in [-0.3, -0.25) is 19.3 Å². The average Bonchev–Trinajstić information content (AvgIpc) is 2.94. The number of nitrogens with two attached hydrogens (primary N) is 1. The molecule has 1 saturated heterocycles. The Balaban J connectivity index is 1.85. The average molecular weight is 582 g/mol. The maximum Gasteiger partial charge on any atom is 0.242 e. The van der Waals surface area contributed by atoms with Gasteiger partial charge in [0.2, 0.25) is 17.7 Å². The molecule has 2 aromatic rings. The number of amides is 3. The van der Waals surface area contributed by atoms with Crippen LogP contribution in [0, 0.1) is 0 Å². The van der Waals surface area contributed by atoms with Gasteiger partial charge in [0.15, 0.2) is 0 Å². The van der Waals surface area contributed by atoms with E-state index in [9.17, 15) is 24.6 Å². The van der Waals surface area contributed by atoms with Gasteiger partial charge in [0, 0.05) is 32.0 Å². The summed E-state index contributed by atoms with van der Waals surface area (Å²) >= 11 is 0. The molecule has 0 spiro atoms. The molecule has 7 N–H and O–H groups in total. The SMILES string of the molecule is CN(C(O)[C@@H](N)Cc1ccccc1)[C@H]1CCCCNC(=O)CCNC(=O)[C@H](Cc2ccc(O)c(C(C)(C)C)c2)NC1=O. The number of hydrogen-bond acceptors (Lipinski definition) is 7. The van der Waals surface area contributed by atoms with Crippen molar-refractivity contribution in [1.29, 1.82) is 0 Å². The highest BCUT2D eigenvalue weighted by Crippen LogP contribution is 2.31. The predicted octanol–water partition coefficient (Wildman–Crippen LogP) is 1.71. The van der Waals surface area contributed by atoms with Crippen molar-refractivity contribution in [1.82, 2.24) is 20.9 Å². The minimum Gasteiger partial charge on any atom is -0.508 e. The number of rotatable bonds is 7. The molecule has 0 saturated carbocycles. The van der Waals surface area contributed by atoms with Gasteiger partial charge in [0.05, 0.1) is 6.04 Å². The Hall–Kier alpha value is -3.47. The fourth-order valence-corrected chi connectivity index (χ4v) is 5.22. The van der Waals surface area contributed by atoms with Gasteiger partial charge in [-0.2, -0.15) is 0 Å². The van der Waals surface area contributed by atoms with Crippen LogP contribution in [0.25, 0.3) is 0 Å². The maximum atomic E-state index is 13.8. The van der Waals surface area contributed by atoms with Gasteiger partial charge in [-0.1, -0.05) is 63.2 Å². The number of benzene rings is 2. The lowest BCUT2D eigenvalue weighted by molar-refractivity contribution is -0.135. The molecule has 2 aromatic carbocycles. The largest absolute Gasteiger partial charge is 0.508 e. The minimum atomic E-state index is -1.11. The third-order valence-corrected chi connectivity index (χ3v) is 7.73. The first-order valence-corrected chi connectivity index (χ1v) is 14.7. The molecule has 10 heteroatoms. The molecule has 0 radical (unpaired) electrons. The molecule has 3 rings (SSSR count). The summed E-state index contributed by atoms with van der Waals surface area (Å²) in [5, 5.41) is 30.1. The first-order chi connectivity index (χ1) is 19.9. The number of likely N-dealkylation sites (N-methyl/N-ethyl adjacent to an activating group) is 1.